The van der Waals surface area contributed by atoms with Crippen LogP contribution in [0.3, 0.4) is 0 Å². The normalized spacial score (nSPS) is 15.2. The van der Waals surface area contributed by atoms with E-state index in [2.05, 4.69) is 5.11 Å². The molecule has 0 amide bonds. The van der Waals surface area contributed by atoms with Crippen molar-refractivity contribution in [2.75, 3.05) is 13.7 Å². The zero-order valence-electron chi connectivity index (χ0n) is 9.46. The molecular formula is C10H20N2O2. The number of carbonyl (C=O) groups is 1. The summed E-state index contributed by atoms with van der Waals surface area (Å²) >= 11 is 0. The molecule has 4 nitrogen and oxygen atoms in total. The van der Waals surface area contributed by atoms with Crippen LogP contribution in [0, 0.1) is 11.4 Å². The number of ether oxygens (including phenoxy) is 1. The van der Waals surface area contributed by atoms with Crippen molar-refractivity contribution in [1.29, 1.82) is 5.53 Å². The van der Waals surface area contributed by atoms with Crippen LogP contribution in [0.1, 0.15) is 33.6 Å². The minimum Gasteiger partial charge on any atom is -0.378 e. The average Bonchev–Trinajstić information content (AvgIpc) is 2.14. The number of rotatable bonds is 7. The summed E-state index contributed by atoms with van der Waals surface area (Å²) in [5.74, 6) is 0.406. The second-order valence-electron chi connectivity index (χ2n) is 4.02. The highest BCUT2D eigenvalue weighted by atomic mass is 16.5. The summed E-state index contributed by atoms with van der Waals surface area (Å²) in [5.41, 5.74) is 6.21. The first-order valence-corrected chi connectivity index (χ1v) is 4.86. The molecule has 4 heteroatoms. The van der Waals surface area contributed by atoms with Gasteiger partial charge in [-0.05, 0) is 12.8 Å². The van der Waals surface area contributed by atoms with Crippen LogP contribution in [0.2, 0.25) is 0 Å². The van der Waals surface area contributed by atoms with E-state index in [-0.39, 0.29) is 17.9 Å². The van der Waals surface area contributed by atoms with E-state index in [0.717, 1.165) is 0 Å². The monoisotopic (exact) mass is 200 g/mol. The van der Waals surface area contributed by atoms with Crippen molar-refractivity contribution in [2.24, 2.45) is 11.0 Å². The molecule has 0 fully saturated rings. The molecule has 0 aromatic rings. The Balaban J connectivity index is 4.17. The van der Waals surface area contributed by atoms with Crippen LogP contribution in [0.4, 0.5) is 0 Å². The third kappa shape index (κ3) is 3.96. The van der Waals surface area contributed by atoms with E-state index in [1.165, 1.54) is 0 Å². The van der Waals surface area contributed by atoms with Crippen LogP contribution in [0.5, 0.6) is 0 Å². The maximum absolute atomic E-state index is 11.5. The Kier molecular flexibility index (Phi) is 5.53. The van der Waals surface area contributed by atoms with Gasteiger partial charge >= 0.3 is 0 Å². The molecule has 82 valence electrons. The summed E-state index contributed by atoms with van der Waals surface area (Å²) in [5, 5.41) is 3.16. The topological polar surface area (TPSA) is 62.5 Å². The number of ketones is 1. The van der Waals surface area contributed by atoms with E-state index >= 15 is 0 Å². The second kappa shape index (κ2) is 5.86. The Bertz CT molecular complexity index is 204. The summed E-state index contributed by atoms with van der Waals surface area (Å²) in [4.78, 5) is 11.5. The Labute approximate surface area is 85.5 Å². The number of nitrogens with one attached hydrogen (secondary N) is 1. The van der Waals surface area contributed by atoms with E-state index in [9.17, 15) is 4.79 Å². The highest BCUT2D eigenvalue weighted by Crippen LogP contribution is 2.25. The molecule has 0 aliphatic heterocycles. The predicted octanol–water partition coefficient (Wildman–Crippen LogP) is 2.43. The molecule has 1 N–H and O–H groups in total. The summed E-state index contributed by atoms with van der Waals surface area (Å²) in [6, 6.07) is 0. The van der Waals surface area contributed by atoms with Crippen LogP contribution in [0.25, 0.3) is 0 Å². The lowest BCUT2D eigenvalue weighted by atomic mass is 9.86. The quantitative estimate of drug-likeness (QED) is 0.641. The smallest absolute Gasteiger partial charge is 0.137 e. The minimum atomic E-state index is -0.390. The van der Waals surface area contributed by atoms with E-state index in [1.807, 2.05) is 20.8 Å². The molecule has 0 saturated carbocycles. The van der Waals surface area contributed by atoms with Gasteiger partial charge in [-0.2, -0.15) is 5.11 Å². The maximum atomic E-state index is 11.5. The van der Waals surface area contributed by atoms with E-state index < -0.39 is 0 Å². The molecule has 0 heterocycles. The number of carbonyl (C=O) groups excluding carboxylic acids is 1. The van der Waals surface area contributed by atoms with Gasteiger partial charge in [-0.3, -0.25) is 4.79 Å². The summed E-state index contributed by atoms with van der Waals surface area (Å²) < 4.78 is 5.35. The van der Waals surface area contributed by atoms with Gasteiger partial charge in [0.25, 0.3) is 0 Å². The Morgan fingerprint density at radius 3 is 2.50 bits per heavy atom. The fraction of sp³-hybridized carbons (Fsp3) is 0.900. The standard InChI is InChI=1S/C10H20N2O2/c1-8(2)10(3,14-4)7-9(13)5-6-12-11/h8,11H,5-7H2,1-4H3. The summed E-state index contributed by atoms with van der Waals surface area (Å²) in [7, 11) is 1.63. The van der Waals surface area contributed by atoms with Gasteiger partial charge in [-0.25, -0.2) is 5.53 Å². The molecule has 0 aliphatic carbocycles. The number of hydrogen-bond donors (Lipinski definition) is 1. The van der Waals surface area contributed by atoms with Crippen LogP contribution < -0.4 is 0 Å². The fourth-order valence-corrected chi connectivity index (χ4v) is 1.17. The van der Waals surface area contributed by atoms with Crippen LogP contribution in [0.15, 0.2) is 5.11 Å². The molecule has 1 atom stereocenters. The molecule has 0 radical (unpaired) electrons. The largest absolute Gasteiger partial charge is 0.378 e. The van der Waals surface area contributed by atoms with Gasteiger partial charge in [0.05, 0.1) is 12.1 Å². The van der Waals surface area contributed by atoms with Gasteiger partial charge in [-0.1, -0.05) is 13.8 Å². The van der Waals surface area contributed by atoms with Gasteiger partial charge in [-0.15, -0.1) is 0 Å². The fourth-order valence-electron chi connectivity index (χ4n) is 1.17. The molecule has 0 aromatic heterocycles. The number of hydrogen-bond acceptors (Lipinski definition) is 4. The molecule has 0 aromatic carbocycles. The van der Waals surface area contributed by atoms with Gasteiger partial charge in [0.15, 0.2) is 0 Å². The van der Waals surface area contributed by atoms with E-state index in [0.29, 0.717) is 18.8 Å². The molecule has 0 bridgehead atoms. The van der Waals surface area contributed by atoms with Gasteiger partial charge in [0.2, 0.25) is 0 Å². The minimum absolute atomic E-state index is 0.110. The highest BCUT2D eigenvalue weighted by Gasteiger charge is 2.30. The highest BCUT2D eigenvalue weighted by molar-refractivity contribution is 5.79. The second-order valence-corrected chi connectivity index (χ2v) is 4.02. The lowest BCUT2D eigenvalue weighted by molar-refractivity contribution is -0.127. The Morgan fingerprint density at radius 2 is 2.14 bits per heavy atom. The summed E-state index contributed by atoms with van der Waals surface area (Å²) in [6.45, 7) is 6.29. The zero-order chi connectivity index (χ0) is 11.2. The number of nitrogens with zero attached hydrogens (tertiary/aromatic N) is 1. The first-order valence-electron chi connectivity index (χ1n) is 4.86. The zero-order valence-corrected chi connectivity index (χ0v) is 9.46. The molecule has 0 rings (SSSR count). The molecule has 1 unspecified atom stereocenters. The molecule has 14 heavy (non-hydrogen) atoms. The van der Waals surface area contributed by atoms with Crippen molar-refractivity contribution in [2.45, 2.75) is 39.2 Å². The lowest BCUT2D eigenvalue weighted by Crippen LogP contribution is -2.36. The van der Waals surface area contributed by atoms with Crippen LogP contribution in [-0.4, -0.2) is 25.0 Å². The predicted molar refractivity (Wildman–Crippen MR) is 54.5 cm³/mol. The van der Waals surface area contributed by atoms with Crippen molar-refractivity contribution < 1.29 is 9.53 Å². The summed E-state index contributed by atoms with van der Waals surface area (Å²) in [6.07, 6.45) is 0.742. The van der Waals surface area contributed by atoms with Crippen molar-refractivity contribution in [1.82, 2.24) is 0 Å². The number of methoxy groups -OCH3 is 1. The van der Waals surface area contributed by atoms with Crippen LogP contribution in [-0.2, 0) is 9.53 Å². The van der Waals surface area contributed by atoms with Crippen molar-refractivity contribution >= 4 is 5.78 Å². The maximum Gasteiger partial charge on any atom is 0.137 e. The molecule has 0 aliphatic rings. The Hall–Kier alpha value is -0.770. The molecule has 0 spiro atoms. The molecular weight excluding hydrogens is 180 g/mol. The third-order valence-electron chi connectivity index (χ3n) is 2.74. The number of Topliss-reactive ketones (excluding diaryl/α,β-unsaturated/α-hetero) is 1. The first kappa shape index (κ1) is 13.2. The first-order chi connectivity index (χ1) is 6.46. The van der Waals surface area contributed by atoms with Gasteiger partial charge < -0.3 is 4.74 Å². The van der Waals surface area contributed by atoms with E-state index in [4.69, 9.17) is 10.3 Å². The SMILES string of the molecule is COC(C)(CC(=O)CCN=N)C(C)C. The Morgan fingerprint density at radius 1 is 1.57 bits per heavy atom. The van der Waals surface area contributed by atoms with Crippen LogP contribution >= 0.6 is 0 Å². The van der Waals surface area contributed by atoms with Gasteiger partial charge in [0, 0.05) is 20.0 Å². The van der Waals surface area contributed by atoms with Gasteiger partial charge in [0.1, 0.15) is 5.78 Å². The van der Waals surface area contributed by atoms with Crippen molar-refractivity contribution in [3.8, 4) is 0 Å². The average molecular weight is 200 g/mol. The molecule has 0 saturated heterocycles. The third-order valence-corrected chi connectivity index (χ3v) is 2.74. The van der Waals surface area contributed by atoms with E-state index in [1.54, 1.807) is 7.11 Å². The van der Waals surface area contributed by atoms with Crippen molar-refractivity contribution in [3.05, 3.63) is 0 Å². The lowest BCUT2D eigenvalue weighted by Gasteiger charge is -2.31. The van der Waals surface area contributed by atoms with Crippen molar-refractivity contribution in [3.63, 3.8) is 0 Å².